The zero-order valence-corrected chi connectivity index (χ0v) is 10.1. The van der Waals surface area contributed by atoms with Gasteiger partial charge in [0.25, 0.3) is 0 Å². The van der Waals surface area contributed by atoms with Gasteiger partial charge >= 0.3 is 6.18 Å². The Labute approximate surface area is 102 Å². The van der Waals surface area contributed by atoms with Crippen molar-refractivity contribution in [3.8, 4) is 0 Å². The van der Waals surface area contributed by atoms with Crippen LogP contribution in [0.5, 0.6) is 0 Å². The molecule has 1 saturated carbocycles. The minimum atomic E-state index is -4.16. The van der Waals surface area contributed by atoms with E-state index >= 15 is 0 Å². The minimum Gasteiger partial charge on any atom is -0.329 e. The van der Waals surface area contributed by atoms with E-state index in [1.165, 1.54) is 16.2 Å². The number of halogens is 3. The van der Waals surface area contributed by atoms with Crippen LogP contribution in [0.25, 0.3) is 0 Å². The Balaban J connectivity index is 2.13. The molecule has 0 spiro atoms. The predicted octanol–water partition coefficient (Wildman–Crippen LogP) is 2.77. The molecule has 1 fully saturated rings. The maximum atomic E-state index is 12.6. The maximum absolute atomic E-state index is 12.6. The Bertz CT molecular complexity index is 346. The van der Waals surface area contributed by atoms with Crippen molar-refractivity contribution in [3.05, 3.63) is 22.4 Å². The van der Waals surface area contributed by atoms with Crippen molar-refractivity contribution in [3.63, 3.8) is 0 Å². The van der Waals surface area contributed by atoms with Gasteiger partial charge < -0.3 is 5.73 Å². The van der Waals surface area contributed by atoms with Crippen LogP contribution < -0.4 is 5.73 Å². The Morgan fingerprint density at radius 3 is 2.59 bits per heavy atom. The molecular formula is C11H15F3N2S. The van der Waals surface area contributed by atoms with Gasteiger partial charge in [-0.3, -0.25) is 4.90 Å². The fraction of sp³-hybridized carbons (Fsp3) is 0.636. The van der Waals surface area contributed by atoms with Crippen molar-refractivity contribution in [2.75, 3.05) is 13.1 Å². The van der Waals surface area contributed by atoms with E-state index < -0.39 is 12.7 Å². The number of hydrogen-bond acceptors (Lipinski definition) is 3. The molecule has 1 heterocycles. The first-order valence-corrected chi connectivity index (χ1v) is 6.45. The van der Waals surface area contributed by atoms with Gasteiger partial charge in [-0.2, -0.15) is 13.2 Å². The van der Waals surface area contributed by atoms with E-state index in [0.717, 1.165) is 17.7 Å². The molecule has 6 heteroatoms. The van der Waals surface area contributed by atoms with Gasteiger partial charge in [0.2, 0.25) is 0 Å². The molecule has 0 saturated heterocycles. The number of rotatable bonds is 5. The number of alkyl halides is 3. The SMILES string of the molecule is NCC(c1cccs1)N(CC(F)(F)F)C1CC1. The summed E-state index contributed by atoms with van der Waals surface area (Å²) in [5.41, 5.74) is 5.65. The summed E-state index contributed by atoms with van der Waals surface area (Å²) < 4.78 is 37.7. The zero-order chi connectivity index (χ0) is 12.5. The molecule has 1 atom stereocenters. The molecular weight excluding hydrogens is 249 g/mol. The summed E-state index contributed by atoms with van der Waals surface area (Å²) >= 11 is 1.47. The van der Waals surface area contributed by atoms with Crippen molar-refractivity contribution < 1.29 is 13.2 Å². The normalized spacial score (nSPS) is 18.6. The van der Waals surface area contributed by atoms with Gasteiger partial charge in [0.05, 0.1) is 12.6 Å². The molecule has 1 aliphatic carbocycles. The first-order chi connectivity index (χ1) is 8.01. The Morgan fingerprint density at radius 2 is 2.18 bits per heavy atom. The third-order valence-corrected chi connectivity index (χ3v) is 3.85. The molecule has 0 bridgehead atoms. The topological polar surface area (TPSA) is 29.3 Å². The van der Waals surface area contributed by atoms with Crippen LogP contribution in [0.3, 0.4) is 0 Å². The van der Waals surface area contributed by atoms with E-state index in [0.29, 0.717) is 0 Å². The largest absolute Gasteiger partial charge is 0.401 e. The molecule has 0 aliphatic heterocycles. The third-order valence-electron chi connectivity index (χ3n) is 2.87. The van der Waals surface area contributed by atoms with Gasteiger partial charge in [0.15, 0.2) is 0 Å². The van der Waals surface area contributed by atoms with Crippen LogP contribution in [0, 0.1) is 0 Å². The van der Waals surface area contributed by atoms with Crippen molar-refractivity contribution in [1.29, 1.82) is 0 Å². The van der Waals surface area contributed by atoms with Crippen molar-refractivity contribution in [2.45, 2.75) is 31.1 Å². The van der Waals surface area contributed by atoms with Gasteiger partial charge in [-0.1, -0.05) is 6.07 Å². The Hall–Kier alpha value is -0.590. The van der Waals surface area contributed by atoms with E-state index in [1.807, 2.05) is 17.5 Å². The summed E-state index contributed by atoms with van der Waals surface area (Å²) in [5, 5.41) is 1.87. The molecule has 1 aliphatic rings. The second-order valence-corrected chi connectivity index (χ2v) is 5.26. The van der Waals surface area contributed by atoms with Crippen LogP contribution in [0.1, 0.15) is 23.8 Å². The molecule has 2 N–H and O–H groups in total. The van der Waals surface area contributed by atoms with E-state index in [9.17, 15) is 13.2 Å². The summed E-state index contributed by atoms with van der Waals surface area (Å²) in [7, 11) is 0. The Kier molecular flexibility index (Phi) is 3.75. The minimum absolute atomic E-state index is 0.0484. The second kappa shape index (κ2) is 4.96. The predicted molar refractivity (Wildman–Crippen MR) is 61.9 cm³/mol. The maximum Gasteiger partial charge on any atom is 0.401 e. The standard InChI is InChI=1S/C11H15F3N2S/c12-11(13,14)7-16(8-3-4-8)9(6-15)10-2-1-5-17-10/h1-2,5,8-9H,3-4,6-7,15H2. The van der Waals surface area contributed by atoms with Crippen LogP contribution in [0.2, 0.25) is 0 Å². The molecule has 1 unspecified atom stereocenters. The lowest BCUT2D eigenvalue weighted by Crippen LogP contribution is -2.41. The van der Waals surface area contributed by atoms with Gasteiger partial charge in [-0.15, -0.1) is 11.3 Å². The van der Waals surface area contributed by atoms with Gasteiger partial charge in [-0.25, -0.2) is 0 Å². The molecule has 96 valence electrons. The molecule has 2 nitrogen and oxygen atoms in total. The summed E-state index contributed by atoms with van der Waals surface area (Å²) in [6.07, 6.45) is -2.47. The van der Waals surface area contributed by atoms with Crippen LogP contribution in [-0.2, 0) is 0 Å². The van der Waals surface area contributed by atoms with Crippen molar-refractivity contribution in [1.82, 2.24) is 4.90 Å². The number of hydrogen-bond donors (Lipinski definition) is 1. The molecule has 0 amide bonds. The highest BCUT2D eigenvalue weighted by molar-refractivity contribution is 7.10. The van der Waals surface area contributed by atoms with Gasteiger partial charge in [0, 0.05) is 17.5 Å². The molecule has 2 rings (SSSR count). The number of thiophene rings is 1. The summed E-state index contributed by atoms with van der Waals surface area (Å²) in [4.78, 5) is 2.43. The van der Waals surface area contributed by atoms with Gasteiger partial charge in [-0.05, 0) is 24.3 Å². The lowest BCUT2D eigenvalue weighted by Gasteiger charge is -2.31. The lowest BCUT2D eigenvalue weighted by molar-refractivity contribution is -0.152. The first-order valence-electron chi connectivity index (χ1n) is 5.57. The number of nitrogens with two attached hydrogens (primary N) is 1. The molecule has 1 aromatic rings. The van der Waals surface area contributed by atoms with Crippen LogP contribution >= 0.6 is 11.3 Å². The quantitative estimate of drug-likeness (QED) is 0.886. The van der Waals surface area contributed by atoms with Crippen LogP contribution in [-0.4, -0.2) is 30.2 Å². The summed E-state index contributed by atoms with van der Waals surface area (Å²) in [6.45, 7) is -0.634. The summed E-state index contributed by atoms with van der Waals surface area (Å²) in [6, 6.07) is 3.45. The van der Waals surface area contributed by atoms with Gasteiger partial charge in [0.1, 0.15) is 0 Å². The van der Waals surface area contributed by atoms with Crippen molar-refractivity contribution in [2.24, 2.45) is 5.73 Å². The average molecular weight is 264 g/mol. The second-order valence-electron chi connectivity index (χ2n) is 4.29. The molecule has 0 radical (unpaired) electrons. The molecule has 1 aromatic heterocycles. The van der Waals surface area contributed by atoms with Crippen molar-refractivity contribution >= 4 is 11.3 Å². The smallest absolute Gasteiger partial charge is 0.329 e. The van der Waals surface area contributed by atoms with E-state index in [4.69, 9.17) is 5.73 Å². The highest BCUT2D eigenvalue weighted by Crippen LogP contribution is 2.37. The fourth-order valence-electron chi connectivity index (χ4n) is 2.00. The summed E-state index contributed by atoms with van der Waals surface area (Å²) in [5.74, 6) is 0. The highest BCUT2D eigenvalue weighted by Gasteiger charge is 2.41. The van der Waals surface area contributed by atoms with Crippen LogP contribution in [0.15, 0.2) is 17.5 Å². The average Bonchev–Trinajstić information content (AvgIpc) is 2.94. The van der Waals surface area contributed by atoms with Crippen LogP contribution in [0.4, 0.5) is 13.2 Å². The lowest BCUT2D eigenvalue weighted by atomic mass is 10.2. The monoisotopic (exact) mass is 264 g/mol. The fourth-order valence-corrected chi connectivity index (χ4v) is 2.86. The third kappa shape index (κ3) is 3.43. The van der Waals surface area contributed by atoms with E-state index in [-0.39, 0.29) is 18.6 Å². The van der Waals surface area contributed by atoms with E-state index in [1.54, 1.807) is 0 Å². The first kappa shape index (κ1) is 12.9. The molecule has 0 aromatic carbocycles. The highest BCUT2D eigenvalue weighted by atomic mass is 32.1. The number of nitrogens with zero attached hydrogens (tertiary/aromatic N) is 1. The zero-order valence-electron chi connectivity index (χ0n) is 9.28. The Morgan fingerprint density at radius 1 is 1.47 bits per heavy atom. The molecule has 17 heavy (non-hydrogen) atoms. The van der Waals surface area contributed by atoms with E-state index in [2.05, 4.69) is 0 Å².